The molecule has 0 saturated carbocycles. The van der Waals surface area contributed by atoms with Crippen molar-refractivity contribution in [3.63, 3.8) is 0 Å². The molecule has 0 N–H and O–H groups in total. The lowest BCUT2D eigenvalue weighted by molar-refractivity contribution is 0.619. The van der Waals surface area contributed by atoms with Crippen LogP contribution in [-0.4, -0.2) is 10.5 Å². The van der Waals surface area contributed by atoms with Gasteiger partial charge in [-0.15, -0.1) is 0 Å². The van der Waals surface area contributed by atoms with Crippen LogP contribution in [0.3, 0.4) is 0 Å². The van der Waals surface area contributed by atoms with Gasteiger partial charge in [-0.25, -0.2) is 0 Å². The second-order valence-electron chi connectivity index (χ2n) is 6.16. The average Bonchev–Trinajstić information content (AvgIpc) is 2.74. The highest BCUT2D eigenvalue weighted by molar-refractivity contribution is 6.03. The maximum atomic E-state index is 5.89. The van der Waals surface area contributed by atoms with E-state index >= 15 is 0 Å². The Morgan fingerprint density at radius 3 is 1.42 bits per heavy atom. The van der Waals surface area contributed by atoms with Crippen molar-refractivity contribution >= 4 is 10.5 Å². The van der Waals surface area contributed by atoms with Gasteiger partial charge in [0.25, 0.3) is 0 Å². The molecule has 0 aliphatic carbocycles. The van der Waals surface area contributed by atoms with E-state index in [0.717, 1.165) is 11.3 Å². The summed E-state index contributed by atoms with van der Waals surface area (Å²) in [6, 6.07) is 35.9. The Morgan fingerprint density at radius 1 is 0.462 bits per heavy atom. The molecule has 2 heteroatoms. The first-order valence-corrected chi connectivity index (χ1v) is 9.57. The molecular weight excluding hydrogens is 332 g/mol. The van der Waals surface area contributed by atoms with E-state index < -0.39 is 0 Å². The summed E-state index contributed by atoms with van der Waals surface area (Å²) >= 11 is 0. The summed E-state index contributed by atoms with van der Waals surface area (Å²) in [5.41, 5.74) is 7.19. The number of benzene rings is 4. The lowest BCUT2D eigenvalue weighted by atomic mass is 9.87. The van der Waals surface area contributed by atoms with Gasteiger partial charge in [-0.1, -0.05) is 97.1 Å². The fourth-order valence-electron chi connectivity index (χ4n) is 3.41. The highest BCUT2D eigenvalue weighted by Crippen LogP contribution is 2.44. The zero-order valence-corrected chi connectivity index (χ0v) is 16.7. The Hall–Kier alpha value is -3.10. The van der Waals surface area contributed by atoms with Crippen LogP contribution in [0, 0.1) is 0 Å². The normalized spacial score (nSPS) is 10.6. The molecule has 4 aromatic rings. The molecule has 0 aromatic heterocycles. The lowest BCUT2D eigenvalue weighted by Crippen LogP contribution is -1.95. The number of rotatable bonds is 4. The summed E-state index contributed by atoms with van der Waals surface area (Å²) in [4.78, 5) is 0. The fourth-order valence-corrected chi connectivity index (χ4v) is 3.75. The molecule has 0 heterocycles. The van der Waals surface area contributed by atoms with Crippen molar-refractivity contribution in [2.75, 3.05) is 0 Å². The lowest BCUT2D eigenvalue weighted by Gasteiger charge is -2.19. The minimum atomic E-state index is 0.655. The van der Waals surface area contributed by atoms with Crippen LogP contribution in [0.15, 0.2) is 103 Å². The molecule has 0 fully saturated rings. The van der Waals surface area contributed by atoms with Gasteiger partial charge in [-0.05, 0) is 28.3 Å². The molecule has 26 heavy (non-hydrogen) atoms. The van der Waals surface area contributed by atoms with Crippen LogP contribution in [-0.2, 0) is 0 Å². The van der Waals surface area contributed by atoms with Crippen molar-refractivity contribution in [3.05, 3.63) is 103 Å². The van der Waals surface area contributed by atoms with E-state index in [9.17, 15) is 0 Å². The predicted octanol–water partition coefficient (Wildman–Crippen LogP) is 5.35. The van der Waals surface area contributed by atoms with E-state index in [1.807, 2.05) is 6.07 Å². The summed E-state index contributed by atoms with van der Waals surface area (Å²) in [7, 11) is 0.655. The first-order valence-electron chi connectivity index (χ1n) is 8.76. The molecule has 4 aromatic carbocycles. The summed E-state index contributed by atoms with van der Waals surface area (Å²) < 4.78 is 5.89. The van der Waals surface area contributed by atoms with Gasteiger partial charge in [0, 0.05) is 11.1 Å². The van der Waals surface area contributed by atoms with Crippen molar-refractivity contribution in [3.8, 4) is 39.1 Å². The summed E-state index contributed by atoms with van der Waals surface area (Å²) in [5, 5.41) is 0. The van der Waals surface area contributed by atoms with Gasteiger partial charge in [-0.3, -0.25) is 0 Å². The highest BCUT2D eigenvalue weighted by atomic mass is 28.2. The Bertz CT molecular complexity index is 996. The van der Waals surface area contributed by atoms with E-state index in [1.54, 1.807) is 0 Å². The van der Waals surface area contributed by atoms with Crippen molar-refractivity contribution in [1.82, 2.24) is 0 Å². The smallest absolute Gasteiger partial charge is 0.204 e. The Kier molecular flexibility index (Phi) is 4.67. The molecule has 0 amide bonds. The molecule has 0 aliphatic rings. The van der Waals surface area contributed by atoms with Gasteiger partial charge in [0.2, 0.25) is 10.5 Å². The first kappa shape index (κ1) is 16.4. The first-order chi connectivity index (χ1) is 12.9. The largest absolute Gasteiger partial charge is 0.553 e. The minimum absolute atomic E-state index is 0.655. The van der Waals surface area contributed by atoms with Crippen LogP contribution < -0.4 is 4.43 Å². The molecule has 126 valence electrons. The van der Waals surface area contributed by atoms with E-state index in [0.29, 0.717) is 10.5 Å². The van der Waals surface area contributed by atoms with Gasteiger partial charge in [0.15, 0.2) is 0 Å². The second kappa shape index (κ2) is 7.42. The zero-order chi connectivity index (χ0) is 17.8. The topological polar surface area (TPSA) is 9.23 Å². The molecule has 0 aliphatic heterocycles. The third-order valence-corrected chi connectivity index (χ3v) is 5.04. The van der Waals surface area contributed by atoms with Gasteiger partial charge >= 0.3 is 0 Å². The van der Waals surface area contributed by atoms with E-state index in [-0.39, 0.29) is 0 Å². The van der Waals surface area contributed by atoms with Crippen LogP contribution >= 0.6 is 0 Å². The maximum Gasteiger partial charge on any atom is 0.204 e. The standard InChI is InChI=1S/C24H20OSi/c26-25-22-17-16-21(18-10-4-1-5-11-18)23(19-12-6-2-7-13-19)24(22)20-14-8-3-9-15-20/h1-17H,26H3. The average molecular weight is 353 g/mol. The zero-order valence-electron chi connectivity index (χ0n) is 14.7. The molecule has 4 rings (SSSR count). The number of hydrogen-bond donors (Lipinski definition) is 0. The van der Waals surface area contributed by atoms with Gasteiger partial charge in [0.05, 0.1) is 0 Å². The van der Waals surface area contributed by atoms with Crippen LogP contribution in [0.4, 0.5) is 0 Å². The molecule has 0 atom stereocenters. The predicted molar refractivity (Wildman–Crippen MR) is 113 cm³/mol. The van der Waals surface area contributed by atoms with Crippen LogP contribution in [0.5, 0.6) is 5.75 Å². The maximum absolute atomic E-state index is 5.89. The third kappa shape index (κ3) is 3.07. The number of hydrogen-bond acceptors (Lipinski definition) is 1. The van der Waals surface area contributed by atoms with E-state index in [1.165, 1.54) is 27.8 Å². The second-order valence-corrected chi connectivity index (χ2v) is 6.57. The molecule has 0 radical (unpaired) electrons. The monoisotopic (exact) mass is 352 g/mol. The molecular formula is C24H20OSi. The summed E-state index contributed by atoms with van der Waals surface area (Å²) in [5.74, 6) is 0.946. The quantitative estimate of drug-likeness (QED) is 0.450. The summed E-state index contributed by atoms with van der Waals surface area (Å²) in [6.45, 7) is 0. The molecule has 0 saturated heterocycles. The highest BCUT2D eigenvalue weighted by Gasteiger charge is 2.18. The van der Waals surface area contributed by atoms with E-state index in [2.05, 4.69) is 97.1 Å². The van der Waals surface area contributed by atoms with Crippen molar-refractivity contribution in [2.45, 2.75) is 0 Å². The third-order valence-electron chi connectivity index (χ3n) is 4.60. The molecule has 0 spiro atoms. The molecule has 1 nitrogen and oxygen atoms in total. The van der Waals surface area contributed by atoms with Gasteiger partial charge in [0.1, 0.15) is 5.75 Å². The van der Waals surface area contributed by atoms with E-state index in [4.69, 9.17) is 4.43 Å². The van der Waals surface area contributed by atoms with Crippen LogP contribution in [0.1, 0.15) is 0 Å². The molecule has 0 bridgehead atoms. The van der Waals surface area contributed by atoms with Crippen LogP contribution in [0.25, 0.3) is 33.4 Å². The Morgan fingerprint density at radius 2 is 0.923 bits per heavy atom. The van der Waals surface area contributed by atoms with Crippen molar-refractivity contribution < 1.29 is 4.43 Å². The fraction of sp³-hybridized carbons (Fsp3) is 0. The minimum Gasteiger partial charge on any atom is -0.553 e. The van der Waals surface area contributed by atoms with Crippen molar-refractivity contribution in [1.29, 1.82) is 0 Å². The molecule has 0 unspecified atom stereocenters. The Balaban J connectivity index is 2.09. The summed E-state index contributed by atoms with van der Waals surface area (Å²) in [6.07, 6.45) is 0. The van der Waals surface area contributed by atoms with Crippen molar-refractivity contribution in [2.24, 2.45) is 0 Å². The van der Waals surface area contributed by atoms with Gasteiger partial charge < -0.3 is 4.43 Å². The Labute approximate surface area is 157 Å². The SMILES string of the molecule is [SiH3]Oc1ccc(-c2ccccc2)c(-c2ccccc2)c1-c1ccccc1. The van der Waals surface area contributed by atoms with Crippen LogP contribution in [0.2, 0.25) is 0 Å². The van der Waals surface area contributed by atoms with Gasteiger partial charge in [-0.2, -0.15) is 0 Å².